The number of rotatable bonds is 23. The first-order valence-corrected chi connectivity index (χ1v) is 31.2. The highest BCUT2D eigenvalue weighted by Gasteiger charge is 2.28. The van der Waals surface area contributed by atoms with Crippen LogP contribution in [0.1, 0.15) is 116 Å². The van der Waals surface area contributed by atoms with E-state index >= 15 is 0 Å². The summed E-state index contributed by atoms with van der Waals surface area (Å²) in [7, 11) is 3.29. The second-order valence-corrected chi connectivity index (χ2v) is 23.5. The topological polar surface area (TPSA) is 257 Å². The molecule has 21 nitrogen and oxygen atoms in total. The molecule has 1 fully saturated rings. The van der Waals surface area contributed by atoms with Crippen molar-refractivity contribution in [1.29, 1.82) is 0 Å². The summed E-state index contributed by atoms with van der Waals surface area (Å²) in [6.07, 6.45) is 11.2. The number of imidazole rings is 2. The number of benzene rings is 4. The molecule has 474 valence electrons. The van der Waals surface area contributed by atoms with Gasteiger partial charge in [0.2, 0.25) is 0 Å². The van der Waals surface area contributed by atoms with Crippen LogP contribution in [0.4, 0.5) is 4.79 Å². The minimum absolute atomic E-state index is 0.219. The van der Waals surface area contributed by atoms with Crippen molar-refractivity contribution in [1.82, 2.24) is 70.7 Å². The first-order chi connectivity index (χ1) is 44.2. The molecule has 10 aromatic rings. The van der Waals surface area contributed by atoms with Gasteiger partial charge in [-0.2, -0.15) is 10.2 Å². The van der Waals surface area contributed by atoms with Crippen molar-refractivity contribution in [2.75, 3.05) is 60.2 Å². The fourth-order valence-electron chi connectivity index (χ4n) is 11.1. The van der Waals surface area contributed by atoms with Gasteiger partial charge in [-0.1, -0.05) is 79.7 Å². The van der Waals surface area contributed by atoms with Crippen molar-refractivity contribution in [2.24, 2.45) is 0 Å². The standard InChI is InChI=1S/C40H49N7O5.C30H33N7O2/c1-7-46(39(49)52-40(3,4)5)25-29-23-41-24-31(26(29)2)28-17-18-32-30(22-28)35(45-47(32)33-16-11-12-21-51-33)37-43-34(27-14-9-8-10-15-27)36(44-37)38(48)42-19-13-20-50-6;1-4-31-16-22-17-32-18-24(19(22)2)21-11-12-25-23(15-21)27(37-36-25)29-34-26(20-9-6-5-7-10-20)28(35-29)30(38)33-13-8-14-39-3/h8-10,14-15,17-18,22-24,33H,7,11-13,16,19-21,25H2,1-6H3,(H,42,48)(H,43,44);5-7,9-12,15,17-18,31H,4,8,13-14,16H2,1-3H3,(H,33,38)(H,34,35)(H,36,37). The van der Waals surface area contributed by atoms with E-state index in [-0.39, 0.29) is 24.1 Å². The van der Waals surface area contributed by atoms with Gasteiger partial charge in [0.15, 0.2) is 17.9 Å². The lowest BCUT2D eigenvalue weighted by Gasteiger charge is -2.27. The number of aromatic nitrogens is 10. The van der Waals surface area contributed by atoms with Crippen LogP contribution in [-0.2, 0) is 32.0 Å². The molecule has 21 heteroatoms. The molecule has 7 heterocycles. The lowest BCUT2D eigenvalue weighted by atomic mass is 9.97. The average Bonchev–Trinajstić information content (AvgIpc) is 1.63. The lowest BCUT2D eigenvalue weighted by Crippen LogP contribution is -2.36. The highest BCUT2D eigenvalue weighted by molar-refractivity contribution is 6.02. The molecule has 1 unspecified atom stereocenters. The highest BCUT2D eigenvalue weighted by atomic mass is 16.6. The van der Waals surface area contributed by atoms with Crippen LogP contribution in [0, 0.1) is 13.8 Å². The Morgan fingerprint density at radius 2 is 1.25 bits per heavy atom. The number of methoxy groups -OCH3 is 2. The van der Waals surface area contributed by atoms with Crippen LogP contribution in [0.2, 0.25) is 0 Å². The predicted molar refractivity (Wildman–Crippen MR) is 354 cm³/mol. The number of ether oxygens (including phenoxy) is 4. The normalized spacial score (nSPS) is 13.3. The molecule has 0 bridgehead atoms. The summed E-state index contributed by atoms with van der Waals surface area (Å²) in [5.41, 5.74) is 14.3. The van der Waals surface area contributed by atoms with Gasteiger partial charge in [-0.05, 0) is 138 Å². The number of pyridine rings is 2. The molecule has 0 aliphatic carbocycles. The van der Waals surface area contributed by atoms with Crippen LogP contribution in [0.3, 0.4) is 0 Å². The molecule has 0 saturated carbocycles. The number of nitrogens with one attached hydrogen (secondary N) is 6. The first kappa shape index (κ1) is 64.6. The number of carbonyl (C=O) groups is 3. The number of carbonyl (C=O) groups excluding carboxylic acids is 3. The van der Waals surface area contributed by atoms with Crippen LogP contribution >= 0.6 is 0 Å². The van der Waals surface area contributed by atoms with E-state index in [9.17, 15) is 14.4 Å². The summed E-state index contributed by atoms with van der Waals surface area (Å²) in [6.45, 7) is 19.1. The predicted octanol–water partition coefficient (Wildman–Crippen LogP) is 12.6. The Morgan fingerprint density at radius 1 is 0.681 bits per heavy atom. The number of nitrogens with zero attached hydrogens (tertiary/aromatic N) is 8. The fourth-order valence-corrected chi connectivity index (χ4v) is 11.1. The molecule has 0 spiro atoms. The van der Waals surface area contributed by atoms with Gasteiger partial charge in [-0.15, -0.1) is 0 Å². The van der Waals surface area contributed by atoms with Crippen LogP contribution in [0.15, 0.2) is 122 Å². The van der Waals surface area contributed by atoms with Crippen molar-refractivity contribution < 1.29 is 33.3 Å². The zero-order valence-electron chi connectivity index (χ0n) is 53.5. The zero-order chi connectivity index (χ0) is 64.0. The van der Waals surface area contributed by atoms with Crippen molar-refractivity contribution in [3.8, 4) is 67.8 Å². The summed E-state index contributed by atoms with van der Waals surface area (Å²) in [5, 5.41) is 23.9. The number of fused-ring (bicyclic) bond motifs is 2. The minimum atomic E-state index is -0.593. The molecule has 3 amide bonds. The van der Waals surface area contributed by atoms with Gasteiger partial charge >= 0.3 is 6.09 Å². The molecule has 1 aliphatic rings. The third kappa shape index (κ3) is 15.3. The number of aromatic amines is 3. The van der Waals surface area contributed by atoms with Gasteiger partial charge in [0.05, 0.1) is 17.6 Å². The molecule has 0 radical (unpaired) electrons. The third-order valence-corrected chi connectivity index (χ3v) is 15.9. The van der Waals surface area contributed by atoms with Crippen molar-refractivity contribution in [2.45, 2.75) is 105 Å². The molecule has 6 N–H and O–H groups in total. The summed E-state index contributed by atoms with van der Waals surface area (Å²) in [4.78, 5) is 67.0. The summed E-state index contributed by atoms with van der Waals surface area (Å²) in [6, 6.07) is 31.8. The van der Waals surface area contributed by atoms with E-state index in [0.717, 1.165) is 105 Å². The molecule has 4 aromatic carbocycles. The SMILES string of the molecule is CCN(Cc1cncc(-c2ccc3c(c2)c(-c2nc(-c4ccccc4)c(C(=O)NCCCOC)[nH]2)nn3C2CCCCO2)c1C)C(=O)OC(C)(C)C.CCNCc1cncc(-c2ccc3[nH]nc(-c4nc(-c5ccccc5)c(C(=O)NCCCOC)[nH]4)c3c2)c1C. The summed E-state index contributed by atoms with van der Waals surface area (Å²) < 4.78 is 24.1. The smallest absolute Gasteiger partial charge is 0.410 e. The Bertz CT molecular complexity index is 4100. The number of H-pyrrole nitrogens is 3. The zero-order valence-corrected chi connectivity index (χ0v) is 53.5. The largest absolute Gasteiger partial charge is 0.444 e. The van der Waals surface area contributed by atoms with Crippen molar-refractivity contribution >= 4 is 39.7 Å². The van der Waals surface area contributed by atoms with Crippen LogP contribution in [0.5, 0.6) is 0 Å². The van der Waals surface area contributed by atoms with Gasteiger partial charge in [0, 0.05) is 118 Å². The molecule has 1 saturated heterocycles. The van der Waals surface area contributed by atoms with Gasteiger partial charge in [-0.3, -0.25) is 24.7 Å². The number of hydrogen-bond acceptors (Lipinski definition) is 14. The third-order valence-electron chi connectivity index (χ3n) is 15.9. The Hall–Kier alpha value is -9.41. The second-order valence-electron chi connectivity index (χ2n) is 23.5. The summed E-state index contributed by atoms with van der Waals surface area (Å²) >= 11 is 0. The van der Waals surface area contributed by atoms with E-state index < -0.39 is 5.60 Å². The maximum absolute atomic E-state index is 13.6. The van der Waals surface area contributed by atoms with E-state index in [1.54, 1.807) is 19.1 Å². The molecule has 91 heavy (non-hydrogen) atoms. The maximum Gasteiger partial charge on any atom is 0.410 e. The molecule has 6 aromatic heterocycles. The number of hydrogen-bond donors (Lipinski definition) is 6. The Kier molecular flexibility index (Phi) is 21.2. The van der Waals surface area contributed by atoms with E-state index in [2.05, 4.69) is 97.2 Å². The van der Waals surface area contributed by atoms with E-state index in [1.807, 2.05) is 124 Å². The van der Waals surface area contributed by atoms with Gasteiger partial charge in [0.1, 0.15) is 39.8 Å². The lowest BCUT2D eigenvalue weighted by molar-refractivity contribution is -0.0365. The second kappa shape index (κ2) is 29.9. The molecular weight excluding hydrogens is 1150 g/mol. The number of amides is 3. The Labute approximate surface area is 530 Å². The van der Waals surface area contributed by atoms with Crippen molar-refractivity contribution in [3.05, 3.63) is 155 Å². The van der Waals surface area contributed by atoms with Crippen LogP contribution in [-0.4, -0.2) is 139 Å². The van der Waals surface area contributed by atoms with Gasteiger partial charge in [-0.25, -0.2) is 19.4 Å². The molecule has 1 aliphatic heterocycles. The highest BCUT2D eigenvalue weighted by Crippen LogP contribution is 2.38. The Balaban J connectivity index is 0.000000208. The monoisotopic (exact) mass is 1230 g/mol. The molecular formula is C70H82N14O7. The average molecular weight is 1230 g/mol. The van der Waals surface area contributed by atoms with Crippen LogP contribution in [0.25, 0.3) is 89.6 Å². The molecule has 1 atom stereocenters. The van der Waals surface area contributed by atoms with Gasteiger partial charge < -0.3 is 49.8 Å². The quantitative estimate of drug-likeness (QED) is 0.0326. The fraction of sp³-hybridized carbons (Fsp3) is 0.357. The maximum atomic E-state index is 13.6. The van der Waals surface area contributed by atoms with E-state index in [1.165, 1.54) is 11.1 Å². The van der Waals surface area contributed by atoms with Crippen LogP contribution < -0.4 is 16.0 Å². The Morgan fingerprint density at radius 3 is 1.81 bits per heavy atom. The molecule has 11 rings (SSSR count). The van der Waals surface area contributed by atoms with Crippen molar-refractivity contribution in [3.63, 3.8) is 0 Å². The van der Waals surface area contributed by atoms with E-state index in [0.29, 0.717) is 98.2 Å². The first-order valence-electron chi connectivity index (χ1n) is 31.2. The minimum Gasteiger partial charge on any atom is -0.444 e. The van der Waals surface area contributed by atoms with E-state index in [4.69, 9.17) is 34.0 Å². The van der Waals surface area contributed by atoms with Gasteiger partial charge in [0.25, 0.3) is 11.8 Å². The summed E-state index contributed by atoms with van der Waals surface area (Å²) in [5.74, 6) is 0.537.